The smallest absolute Gasteiger partial charge is 0.0723 e. The SMILES string of the molecule is C=C1C=CC2=C(C1C(Cc1ccc(-c3ccccc3)cc1)c1ccccc1-c1ccccc1)C1(c3ccccc32)c2ccccc2-n2c3ccccc3c3cccc1c32. The number of para-hydroxylation sites is 3. The fourth-order valence-corrected chi connectivity index (χ4v) is 11.2. The maximum atomic E-state index is 5.00. The average Bonchev–Trinajstić information content (AvgIpc) is 3.80. The Balaban J connectivity index is 1.15. The van der Waals surface area contributed by atoms with E-state index in [1.165, 1.54) is 94.3 Å². The number of hydrogen-bond donors (Lipinski definition) is 0. The molecule has 278 valence electrons. The summed E-state index contributed by atoms with van der Waals surface area (Å²) in [7, 11) is 0. The molecule has 0 saturated carbocycles. The van der Waals surface area contributed by atoms with Gasteiger partial charge in [-0.3, -0.25) is 0 Å². The van der Waals surface area contributed by atoms with Crippen LogP contribution in [0.15, 0.2) is 230 Å². The third-order valence-electron chi connectivity index (χ3n) is 13.5. The van der Waals surface area contributed by atoms with Crippen LogP contribution in [0, 0.1) is 5.92 Å². The number of hydrogen-bond acceptors (Lipinski definition) is 0. The van der Waals surface area contributed by atoms with Crippen LogP contribution in [0.25, 0.3) is 55.3 Å². The molecule has 0 fully saturated rings. The molecule has 0 bridgehead atoms. The van der Waals surface area contributed by atoms with Crippen molar-refractivity contribution in [2.45, 2.75) is 17.8 Å². The predicted molar refractivity (Wildman–Crippen MR) is 246 cm³/mol. The lowest BCUT2D eigenvalue weighted by Gasteiger charge is -2.46. The van der Waals surface area contributed by atoms with Crippen molar-refractivity contribution in [2.24, 2.45) is 5.92 Å². The lowest BCUT2D eigenvalue weighted by atomic mass is 9.57. The van der Waals surface area contributed by atoms with Gasteiger partial charge in [-0.25, -0.2) is 0 Å². The summed E-state index contributed by atoms with van der Waals surface area (Å²) in [4.78, 5) is 0. The molecule has 3 unspecified atom stereocenters. The van der Waals surface area contributed by atoms with Crippen LogP contribution in [0.5, 0.6) is 0 Å². The molecule has 0 radical (unpaired) electrons. The molecular formula is C58H41N. The molecule has 59 heavy (non-hydrogen) atoms. The molecule has 8 aromatic carbocycles. The van der Waals surface area contributed by atoms with Crippen LogP contribution >= 0.6 is 0 Å². The van der Waals surface area contributed by atoms with Gasteiger partial charge in [0.15, 0.2) is 0 Å². The largest absolute Gasteiger partial charge is 0.309 e. The molecule has 3 aliphatic rings. The van der Waals surface area contributed by atoms with Gasteiger partial charge in [0.25, 0.3) is 0 Å². The van der Waals surface area contributed by atoms with Gasteiger partial charge in [-0.2, -0.15) is 0 Å². The zero-order valence-electron chi connectivity index (χ0n) is 32.7. The first kappa shape index (κ1) is 33.9. The normalized spacial score (nSPS) is 18.0. The Morgan fingerprint density at radius 2 is 1.10 bits per heavy atom. The molecule has 1 heteroatoms. The van der Waals surface area contributed by atoms with E-state index in [-0.39, 0.29) is 11.8 Å². The Morgan fingerprint density at radius 3 is 1.92 bits per heavy atom. The van der Waals surface area contributed by atoms with Crippen LogP contribution in [0.2, 0.25) is 0 Å². The second-order valence-corrected chi connectivity index (χ2v) is 16.4. The lowest BCUT2D eigenvalue weighted by molar-refractivity contribution is 0.502. The highest BCUT2D eigenvalue weighted by atomic mass is 15.0. The third-order valence-corrected chi connectivity index (χ3v) is 13.5. The second kappa shape index (κ2) is 13.2. The van der Waals surface area contributed by atoms with Crippen molar-refractivity contribution in [3.8, 4) is 27.9 Å². The zero-order valence-corrected chi connectivity index (χ0v) is 32.7. The van der Waals surface area contributed by atoms with Crippen molar-refractivity contribution in [3.63, 3.8) is 0 Å². The van der Waals surface area contributed by atoms with Crippen molar-refractivity contribution in [2.75, 3.05) is 0 Å². The Labute approximate surface area is 345 Å². The molecule has 2 aliphatic carbocycles. The van der Waals surface area contributed by atoms with Crippen LogP contribution in [-0.4, -0.2) is 4.57 Å². The van der Waals surface area contributed by atoms with Crippen LogP contribution in [0.4, 0.5) is 0 Å². The van der Waals surface area contributed by atoms with Gasteiger partial charge in [-0.05, 0) is 96.8 Å². The molecule has 1 nitrogen and oxygen atoms in total. The van der Waals surface area contributed by atoms with Gasteiger partial charge in [-0.15, -0.1) is 0 Å². The Hall–Kier alpha value is -7.22. The standard InChI is InChI=1S/C58H41N/c1-38-31-36-47-45-23-10-12-26-50(45)58(51-27-13-15-30-54(51)59-53-29-14-11-24-46(53)48-25-16-28-52(58)57(48)59)56(47)55(38)49(44-22-9-8-21-43(44)42-19-6-3-7-20-42)37-39-32-34-41(35-33-39)40-17-4-2-5-18-40/h2-36,49,55H,1,37H2. The van der Waals surface area contributed by atoms with Crippen LogP contribution < -0.4 is 0 Å². The first-order chi connectivity index (χ1) is 29.2. The molecule has 9 aromatic rings. The highest BCUT2D eigenvalue weighted by Gasteiger charge is 2.55. The van der Waals surface area contributed by atoms with E-state index in [1.54, 1.807) is 0 Å². The van der Waals surface area contributed by atoms with Crippen LogP contribution in [0.1, 0.15) is 39.3 Å². The Bertz CT molecular complexity index is 3200. The first-order valence-corrected chi connectivity index (χ1v) is 20.8. The Morgan fingerprint density at radius 1 is 0.492 bits per heavy atom. The van der Waals surface area contributed by atoms with Crippen molar-refractivity contribution in [1.82, 2.24) is 4.57 Å². The van der Waals surface area contributed by atoms with Crippen molar-refractivity contribution < 1.29 is 0 Å². The number of rotatable bonds is 6. The fraction of sp³-hybridized carbons (Fsp3) is 0.0690. The highest BCUT2D eigenvalue weighted by molar-refractivity contribution is 6.13. The summed E-state index contributed by atoms with van der Waals surface area (Å²) in [6.45, 7) is 5.00. The van der Waals surface area contributed by atoms with E-state index < -0.39 is 5.41 Å². The molecule has 3 atom stereocenters. The van der Waals surface area contributed by atoms with E-state index in [9.17, 15) is 0 Å². The monoisotopic (exact) mass is 751 g/mol. The van der Waals surface area contributed by atoms with Gasteiger partial charge in [0.2, 0.25) is 0 Å². The van der Waals surface area contributed by atoms with E-state index in [2.05, 4.69) is 217 Å². The molecule has 0 amide bonds. The van der Waals surface area contributed by atoms with Gasteiger partial charge in [0, 0.05) is 16.7 Å². The molecule has 1 aliphatic heterocycles. The van der Waals surface area contributed by atoms with Crippen molar-refractivity contribution >= 4 is 27.4 Å². The molecule has 0 saturated heterocycles. The number of allylic oxidation sites excluding steroid dienone is 5. The number of aromatic nitrogens is 1. The molecule has 12 rings (SSSR count). The summed E-state index contributed by atoms with van der Waals surface area (Å²) >= 11 is 0. The lowest BCUT2D eigenvalue weighted by Crippen LogP contribution is -2.39. The molecule has 0 N–H and O–H groups in total. The van der Waals surface area contributed by atoms with Gasteiger partial charge in [0.05, 0.1) is 22.1 Å². The average molecular weight is 752 g/mol. The van der Waals surface area contributed by atoms with Gasteiger partial charge in [0.1, 0.15) is 0 Å². The summed E-state index contributed by atoms with van der Waals surface area (Å²) in [5.74, 6) is 0.0575. The number of nitrogens with zero attached hydrogens (tertiary/aromatic N) is 1. The van der Waals surface area contributed by atoms with Gasteiger partial charge >= 0.3 is 0 Å². The number of benzene rings is 8. The summed E-state index contributed by atoms with van der Waals surface area (Å²) < 4.78 is 2.54. The first-order valence-electron chi connectivity index (χ1n) is 20.8. The summed E-state index contributed by atoms with van der Waals surface area (Å²) in [6.07, 6.45) is 5.55. The zero-order chi connectivity index (χ0) is 39.1. The van der Waals surface area contributed by atoms with Crippen LogP contribution in [-0.2, 0) is 11.8 Å². The van der Waals surface area contributed by atoms with E-state index in [0.29, 0.717) is 0 Å². The molecule has 1 aromatic heterocycles. The molecule has 1 spiro atoms. The van der Waals surface area contributed by atoms with E-state index >= 15 is 0 Å². The van der Waals surface area contributed by atoms with Crippen LogP contribution in [0.3, 0.4) is 0 Å². The molecule has 2 heterocycles. The summed E-state index contributed by atoms with van der Waals surface area (Å²) in [5, 5.41) is 2.58. The molecular weight excluding hydrogens is 711 g/mol. The minimum absolute atomic E-state index is 0.0136. The van der Waals surface area contributed by atoms with Crippen molar-refractivity contribution in [3.05, 3.63) is 263 Å². The maximum Gasteiger partial charge on any atom is 0.0723 e. The van der Waals surface area contributed by atoms with E-state index in [0.717, 1.165) is 12.0 Å². The fourth-order valence-electron chi connectivity index (χ4n) is 11.2. The second-order valence-electron chi connectivity index (χ2n) is 16.4. The number of fused-ring (bicyclic) bond motifs is 11. The minimum Gasteiger partial charge on any atom is -0.309 e. The van der Waals surface area contributed by atoms with E-state index in [4.69, 9.17) is 6.58 Å². The quantitative estimate of drug-likeness (QED) is 0.159. The van der Waals surface area contributed by atoms with Crippen molar-refractivity contribution in [1.29, 1.82) is 0 Å². The Kier molecular flexibility index (Phi) is 7.56. The van der Waals surface area contributed by atoms with Gasteiger partial charge in [-0.1, -0.05) is 207 Å². The highest BCUT2D eigenvalue weighted by Crippen LogP contribution is 2.65. The summed E-state index contributed by atoms with van der Waals surface area (Å²) in [5.41, 5.74) is 20.2. The van der Waals surface area contributed by atoms with E-state index in [1.807, 2.05) is 0 Å². The third kappa shape index (κ3) is 4.85. The maximum absolute atomic E-state index is 5.00. The minimum atomic E-state index is -0.554. The topological polar surface area (TPSA) is 4.93 Å². The summed E-state index contributed by atoms with van der Waals surface area (Å²) in [6, 6.07) is 74.5. The predicted octanol–water partition coefficient (Wildman–Crippen LogP) is 14.3. The van der Waals surface area contributed by atoms with Gasteiger partial charge < -0.3 is 4.57 Å².